The summed E-state index contributed by atoms with van der Waals surface area (Å²) < 4.78 is 32.5. The first-order chi connectivity index (χ1) is 8.45. The highest BCUT2D eigenvalue weighted by molar-refractivity contribution is 8.13. The molecule has 1 aromatic heterocycles. The van der Waals surface area contributed by atoms with Gasteiger partial charge in [0.05, 0.1) is 4.90 Å². The average molecular weight is 289 g/mol. The van der Waals surface area contributed by atoms with Crippen LogP contribution in [0.15, 0.2) is 33.6 Å². The zero-order chi connectivity index (χ0) is 13.2. The van der Waals surface area contributed by atoms with Gasteiger partial charge in [-0.15, -0.1) is 10.2 Å². The van der Waals surface area contributed by atoms with Crippen LogP contribution >= 0.6 is 10.7 Å². The van der Waals surface area contributed by atoms with Gasteiger partial charge in [-0.25, -0.2) is 8.42 Å². The molecule has 0 spiro atoms. The minimum Gasteiger partial charge on any atom is -0.484 e. The number of benzene rings is 1. The Hall–Kier alpha value is -1.60. The Morgan fingerprint density at radius 3 is 2.44 bits per heavy atom. The van der Waals surface area contributed by atoms with Crippen LogP contribution in [0, 0.1) is 6.92 Å². The molecule has 0 radical (unpaired) electrons. The van der Waals surface area contributed by atoms with E-state index in [-0.39, 0.29) is 11.5 Å². The smallest absolute Gasteiger partial charge is 0.261 e. The minimum absolute atomic E-state index is 0.0187. The van der Waals surface area contributed by atoms with E-state index in [9.17, 15) is 8.42 Å². The molecule has 0 fully saturated rings. The van der Waals surface area contributed by atoms with Crippen LogP contribution in [-0.4, -0.2) is 18.6 Å². The van der Waals surface area contributed by atoms with E-state index < -0.39 is 9.05 Å². The molecule has 0 atom stereocenters. The van der Waals surface area contributed by atoms with Crippen molar-refractivity contribution in [3.63, 3.8) is 0 Å². The summed E-state index contributed by atoms with van der Waals surface area (Å²) in [7, 11) is 1.48. The second kappa shape index (κ2) is 4.95. The zero-order valence-corrected chi connectivity index (χ0v) is 10.9. The van der Waals surface area contributed by atoms with Crippen molar-refractivity contribution in [2.24, 2.45) is 0 Å². The first kappa shape index (κ1) is 12.8. The van der Waals surface area contributed by atoms with Crippen molar-refractivity contribution >= 4 is 19.7 Å². The molecule has 18 heavy (non-hydrogen) atoms. The van der Waals surface area contributed by atoms with Gasteiger partial charge < -0.3 is 9.15 Å². The molecule has 1 heterocycles. The molecular weight excluding hydrogens is 280 g/mol. The van der Waals surface area contributed by atoms with Crippen molar-refractivity contribution in [1.82, 2.24) is 10.2 Å². The van der Waals surface area contributed by atoms with Crippen LogP contribution in [0.4, 0.5) is 0 Å². The van der Waals surface area contributed by atoms with Gasteiger partial charge >= 0.3 is 0 Å². The molecule has 0 unspecified atom stereocenters. The normalized spacial score (nSPS) is 11.4. The molecule has 8 heteroatoms. The summed E-state index contributed by atoms with van der Waals surface area (Å²) in [6.45, 7) is 1.80. The first-order valence-corrected chi connectivity index (χ1v) is 7.22. The van der Waals surface area contributed by atoms with Crippen molar-refractivity contribution in [1.29, 1.82) is 0 Å². The highest BCUT2D eigenvalue weighted by atomic mass is 35.7. The van der Waals surface area contributed by atoms with Crippen LogP contribution in [0.5, 0.6) is 5.75 Å². The zero-order valence-electron chi connectivity index (χ0n) is 9.33. The van der Waals surface area contributed by atoms with E-state index in [0.29, 0.717) is 17.5 Å². The Kier molecular flexibility index (Phi) is 3.53. The quantitative estimate of drug-likeness (QED) is 0.799. The van der Waals surface area contributed by atoms with E-state index in [0.717, 1.165) is 0 Å². The number of ether oxygens (including phenoxy) is 1. The summed E-state index contributed by atoms with van der Waals surface area (Å²) in [6.07, 6.45) is 0. The minimum atomic E-state index is -3.71. The predicted molar refractivity (Wildman–Crippen MR) is 62.8 cm³/mol. The van der Waals surface area contributed by atoms with Gasteiger partial charge in [0.25, 0.3) is 14.9 Å². The van der Waals surface area contributed by atoms with E-state index >= 15 is 0 Å². The maximum absolute atomic E-state index is 11.0. The van der Waals surface area contributed by atoms with Gasteiger partial charge in [0.1, 0.15) is 5.75 Å². The topological polar surface area (TPSA) is 82.3 Å². The third-order valence-electron chi connectivity index (χ3n) is 2.04. The van der Waals surface area contributed by atoms with Crippen LogP contribution in [-0.2, 0) is 15.7 Å². The Labute approximate surface area is 108 Å². The third kappa shape index (κ3) is 3.21. The number of aryl methyl sites for hydroxylation is 1. The second-order valence-corrected chi connectivity index (χ2v) is 5.98. The van der Waals surface area contributed by atoms with Crippen molar-refractivity contribution in [3.8, 4) is 5.75 Å². The lowest BCUT2D eigenvalue weighted by Gasteiger charge is -2.03. The molecular formula is C10H9ClN2O4S. The molecule has 0 saturated heterocycles. The van der Waals surface area contributed by atoms with Gasteiger partial charge in [-0.3, -0.25) is 0 Å². The monoisotopic (exact) mass is 288 g/mol. The summed E-state index contributed by atoms with van der Waals surface area (Å²) >= 11 is 0. The molecule has 0 N–H and O–H groups in total. The SMILES string of the molecule is Cc1nnc(COc2ccc(S(=O)(=O)Cl)cc2)o1. The number of aromatic nitrogens is 2. The second-order valence-electron chi connectivity index (χ2n) is 3.41. The molecule has 0 saturated carbocycles. The Morgan fingerprint density at radius 2 is 1.94 bits per heavy atom. The van der Waals surface area contributed by atoms with Crippen molar-refractivity contribution in [3.05, 3.63) is 36.0 Å². The van der Waals surface area contributed by atoms with Gasteiger partial charge in [0.2, 0.25) is 5.89 Å². The maximum atomic E-state index is 11.0. The van der Waals surface area contributed by atoms with E-state index in [4.69, 9.17) is 19.8 Å². The number of halogens is 1. The molecule has 2 rings (SSSR count). The molecule has 96 valence electrons. The van der Waals surface area contributed by atoms with E-state index in [1.54, 1.807) is 6.92 Å². The number of hydrogen-bond acceptors (Lipinski definition) is 6. The molecule has 2 aromatic rings. The van der Waals surface area contributed by atoms with Crippen LogP contribution in [0.25, 0.3) is 0 Å². The summed E-state index contributed by atoms with van der Waals surface area (Å²) in [5, 5.41) is 7.41. The summed E-state index contributed by atoms with van der Waals surface area (Å²) in [6, 6.07) is 5.71. The van der Waals surface area contributed by atoms with Crippen LogP contribution in [0.2, 0.25) is 0 Å². The Morgan fingerprint density at radius 1 is 1.28 bits per heavy atom. The lowest BCUT2D eigenvalue weighted by molar-refractivity contribution is 0.260. The van der Waals surface area contributed by atoms with Gasteiger partial charge in [-0.05, 0) is 24.3 Å². The van der Waals surface area contributed by atoms with Crippen molar-refractivity contribution in [2.75, 3.05) is 0 Å². The number of rotatable bonds is 4. The highest BCUT2D eigenvalue weighted by Gasteiger charge is 2.09. The molecule has 0 bridgehead atoms. The number of hydrogen-bond donors (Lipinski definition) is 0. The Bertz CT molecular complexity index is 636. The fourth-order valence-corrected chi connectivity index (χ4v) is 2.01. The Balaban J connectivity index is 2.03. The van der Waals surface area contributed by atoms with Gasteiger partial charge in [-0.2, -0.15) is 0 Å². The van der Waals surface area contributed by atoms with Crippen molar-refractivity contribution in [2.45, 2.75) is 18.4 Å². The molecule has 0 aliphatic heterocycles. The van der Waals surface area contributed by atoms with Crippen LogP contribution < -0.4 is 4.74 Å². The average Bonchev–Trinajstić information content (AvgIpc) is 2.72. The summed E-state index contributed by atoms with van der Waals surface area (Å²) in [5.41, 5.74) is 0. The lowest BCUT2D eigenvalue weighted by atomic mass is 10.3. The van der Waals surface area contributed by atoms with E-state index in [1.165, 1.54) is 24.3 Å². The highest BCUT2D eigenvalue weighted by Crippen LogP contribution is 2.19. The predicted octanol–water partition coefficient (Wildman–Crippen LogP) is 1.88. The summed E-state index contributed by atoms with van der Waals surface area (Å²) in [5.74, 6) is 1.29. The molecule has 0 aliphatic rings. The van der Waals surface area contributed by atoms with Gasteiger partial charge in [0, 0.05) is 17.6 Å². The molecule has 1 aromatic carbocycles. The van der Waals surface area contributed by atoms with E-state index in [2.05, 4.69) is 10.2 Å². The van der Waals surface area contributed by atoms with Gasteiger partial charge in [0.15, 0.2) is 6.61 Å². The van der Waals surface area contributed by atoms with Gasteiger partial charge in [-0.1, -0.05) is 0 Å². The van der Waals surface area contributed by atoms with E-state index in [1.807, 2.05) is 0 Å². The van der Waals surface area contributed by atoms with Crippen molar-refractivity contribution < 1.29 is 17.6 Å². The van der Waals surface area contributed by atoms with Crippen LogP contribution in [0.3, 0.4) is 0 Å². The number of nitrogens with zero attached hydrogens (tertiary/aromatic N) is 2. The standard InChI is InChI=1S/C10H9ClN2O4S/c1-7-12-13-10(17-7)6-16-8-2-4-9(5-3-8)18(11,14)15/h2-5H,6H2,1H3. The fourth-order valence-electron chi connectivity index (χ4n) is 1.24. The lowest BCUT2D eigenvalue weighted by Crippen LogP contribution is -1.96. The molecule has 0 amide bonds. The maximum Gasteiger partial charge on any atom is 0.261 e. The first-order valence-electron chi connectivity index (χ1n) is 4.91. The largest absolute Gasteiger partial charge is 0.484 e. The third-order valence-corrected chi connectivity index (χ3v) is 3.41. The molecule has 6 nitrogen and oxygen atoms in total. The summed E-state index contributed by atoms with van der Waals surface area (Å²) in [4.78, 5) is 0.0187. The molecule has 0 aliphatic carbocycles. The fraction of sp³-hybridized carbons (Fsp3) is 0.200. The van der Waals surface area contributed by atoms with Crippen LogP contribution in [0.1, 0.15) is 11.8 Å².